The van der Waals surface area contributed by atoms with Crippen molar-refractivity contribution in [1.82, 2.24) is 10.2 Å². The van der Waals surface area contributed by atoms with Crippen LogP contribution in [0, 0.1) is 0 Å². The molecule has 0 aromatic heterocycles. The minimum atomic E-state index is -3.83. The molecular weight excluding hydrogens is 593 g/mol. The number of sulfonamides is 1. The lowest BCUT2D eigenvalue weighted by Crippen LogP contribution is -2.54. The third-order valence-electron chi connectivity index (χ3n) is 7.64. The number of rotatable bonds is 12. The minimum Gasteiger partial charge on any atom is -0.352 e. The maximum atomic E-state index is 14.2. The van der Waals surface area contributed by atoms with Crippen LogP contribution in [0.15, 0.2) is 72.8 Å². The molecule has 0 spiro atoms. The topological polar surface area (TPSA) is 86.8 Å². The van der Waals surface area contributed by atoms with Crippen molar-refractivity contribution in [2.75, 3.05) is 17.1 Å². The van der Waals surface area contributed by atoms with Crippen LogP contribution in [-0.2, 0) is 39.0 Å². The predicted octanol–water partition coefficient (Wildman–Crippen LogP) is 6.02. The monoisotopic (exact) mass is 629 g/mol. The van der Waals surface area contributed by atoms with Crippen LogP contribution in [0.2, 0.25) is 10.0 Å². The lowest BCUT2D eigenvalue weighted by Gasteiger charge is -2.34. The number of aryl methyl sites for hydroxylation is 1. The van der Waals surface area contributed by atoms with E-state index in [9.17, 15) is 18.0 Å². The molecule has 0 heterocycles. The Morgan fingerprint density at radius 2 is 1.62 bits per heavy atom. The summed E-state index contributed by atoms with van der Waals surface area (Å²) in [5.41, 5.74) is 2.89. The van der Waals surface area contributed by atoms with Gasteiger partial charge >= 0.3 is 0 Å². The van der Waals surface area contributed by atoms with Crippen molar-refractivity contribution in [3.63, 3.8) is 0 Å². The zero-order valence-corrected chi connectivity index (χ0v) is 26.3. The summed E-state index contributed by atoms with van der Waals surface area (Å²) in [5, 5.41) is 3.95. The Morgan fingerprint density at radius 3 is 2.21 bits per heavy atom. The molecule has 10 heteroatoms. The second-order valence-corrected chi connectivity index (χ2v) is 13.5. The van der Waals surface area contributed by atoms with Gasteiger partial charge in [0.05, 0.1) is 11.9 Å². The van der Waals surface area contributed by atoms with E-state index in [1.807, 2.05) is 49.4 Å². The molecule has 1 aliphatic carbocycles. The van der Waals surface area contributed by atoms with Gasteiger partial charge in [-0.05, 0) is 60.2 Å². The van der Waals surface area contributed by atoms with Crippen LogP contribution in [0.25, 0.3) is 0 Å². The Bertz CT molecular complexity index is 1480. The molecule has 2 amide bonds. The van der Waals surface area contributed by atoms with Gasteiger partial charge in [0.2, 0.25) is 21.8 Å². The molecule has 0 radical (unpaired) electrons. The van der Waals surface area contributed by atoms with E-state index in [4.69, 9.17) is 23.2 Å². The molecule has 0 saturated heterocycles. The van der Waals surface area contributed by atoms with Crippen molar-refractivity contribution in [3.8, 4) is 0 Å². The summed E-state index contributed by atoms with van der Waals surface area (Å²) in [6.45, 7) is 1.53. The smallest absolute Gasteiger partial charge is 0.244 e. The van der Waals surface area contributed by atoms with Gasteiger partial charge in [0.15, 0.2) is 0 Å². The Kier molecular flexibility index (Phi) is 10.9. The molecule has 3 aromatic carbocycles. The number of carbonyl (C=O) groups excluding carboxylic acids is 2. The average molecular weight is 631 g/mol. The molecule has 3 aromatic rings. The van der Waals surface area contributed by atoms with Crippen molar-refractivity contribution >= 4 is 50.7 Å². The number of halogens is 2. The van der Waals surface area contributed by atoms with Gasteiger partial charge in [0.25, 0.3) is 0 Å². The fourth-order valence-electron chi connectivity index (χ4n) is 5.27. The van der Waals surface area contributed by atoms with Crippen molar-refractivity contribution in [1.29, 1.82) is 0 Å². The first-order chi connectivity index (χ1) is 20.0. The number of benzene rings is 3. The highest BCUT2D eigenvalue weighted by atomic mass is 35.5. The molecule has 0 aliphatic heterocycles. The van der Waals surface area contributed by atoms with Gasteiger partial charge in [-0.3, -0.25) is 13.9 Å². The second-order valence-electron chi connectivity index (χ2n) is 10.7. The summed E-state index contributed by atoms with van der Waals surface area (Å²) in [5.74, 6) is -0.795. The van der Waals surface area contributed by atoms with Crippen molar-refractivity contribution < 1.29 is 18.0 Å². The van der Waals surface area contributed by atoms with Crippen molar-refractivity contribution in [2.24, 2.45) is 0 Å². The van der Waals surface area contributed by atoms with Gasteiger partial charge < -0.3 is 10.2 Å². The first kappa shape index (κ1) is 31.9. The summed E-state index contributed by atoms with van der Waals surface area (Å²) in [6, 6.07) is 20.7. The Morgan fingerprint density at radius 1 is 0.952 bits per heavy atom. The number of anilines is 1. The number of carbonyl (C=O) groups is 2. The molecule has 1 aliphatic rings. The van der Waals surface area contributed by atoms with Crippen LogP contribution >= 0.6 is 23.2 Å². The summed E-state index contributed by atoms with van der Waals surface area (Å²) in [4.78, 5) is 29.6. The zero-order chi connectivity index (χ0) is 30.3. The van der Waals surface area contributed by atoms with Crippen LogP contribution in [0.4, 0.5) is 5.69 Å². The first-order valence-electron chi connectivity index (χ1n) is 14.2. The van der Waals surface area contributed by atoms with E-state index in [0.717, 1.165) is 53.8 Å². The molecule has 7 nitrogen and oxygen atoms in total. The van der Waals surface area contributed by atoms with Crippen molar-refractivity contribution in [2.45, 2.75) is 64.1 Å². The van der Waals surface area contributed by atoms with E-state index in [-0.39, 0.29) is 24.9 Å². The number of nitrogens with zero attached hydrogens (tertiary/aromatic N) is 2. The maximum absolute atomic E-state index is 14.2. The van der Waals surface area contributed by atoms with Crippen LogP contribution in [0.3, 0.4) is 0 Å². The molecule has 1 N–H and O–H groups in total. The summed E-state index contributed by atoms with van der Waals surface area (Å²) in [7, 11) is -3.83. The predicted molar refractivity (Wildman–Crippen MR) is 169 cm³/mol. The normalized spacial score (nSPS) is 14.4. The fourth-order valence-corrected chi connectivity index (χ4v) is 6.58. The van der Waals surface area contributed by atoms with Gasteiger partial charge in [-0.15, -0.1) is 0 Å². The molecule has 0 bridgehead atoms. The van der Waals surface area contributed by atoms with E-state index < -0.39 is 28.5 Å². The fraction of sp³-hybridized carbons (Fsp3) is 0.375. The Hall–Kier alpha value is -3.07. The van der Waals surface area contributed by atoms with E-state index in [1.54, 1.807) is 30.3 Å². The SMILES string of the molecule is CCc1ccc(N(CC(=O)N(Cc2ccc(Cl)cc2Cl)[C@H](Cc2ccccc2)C(=O)NC2CCCC2)S(C)(=O)=O)cc1. The minimum absolute atomic E-state index is 0.00318. The lowest BCUT2D eigenvalue weighted by molar-refractivity contribution is -0.140. The standard InChI is InChI=1S/C32H37Cl2N3O4S/c1-3-23-13-17-28(18-14-23)37(42(2,40)41)22-31(38)36(21-25-15-16-26(33)20-29(25)34)30(19-24-9-5-4-6-10-24)32(39)35-27-11-7-8-12-27/h4-6,9-10,13-18,20,27,30H,3,7-8,11-12,19,21-22H2,1-2H3,(H,35,39)/t30-/m1/s1. The number of hydrogen-bond acceptors (Lipinski definition) is 4. The molecule has 0 unspecified atom stereocenters. The van der Waals surface area contributed by atoms with Crippen LogP contribution in [0.1, 0.15) is 49.3 Å². The summed E-state index contributed by atoms with van der Waals surface area (Å²) >= 11 is 12.7. The second kappa shape index (κ2) is 14.4. The molecule has 4 rings (SSSR count). The van der Waals surface area contributed by atoms with Gasteiger partial charge in [0.1, 0.15) is 12.6 Å². The molecule has 42 heavy (non-hydrogen) atoms. The third kappa shape index (κ3) is 8.49. The van der Waals surface area contributed by atoms with Gasteiger partial charge in [-0.2, -0.15) is 0 Å². The molecule has 224 valence electrons. The Balaban J connectivity index is 1.73. The average Bonchev–Trinajstić information content (AvgIpc) is 3.47. The van der Waals surface area contributed by atoms with Gasteiger partial charge in [0, 0.05) is 29.1 Å². The van der Waals surface area contributed by atoms with Gasteiger partial charge in [-0.1, -0.05) is 91.5 Å². The molecular formula is C32H37Cl2N3O4S. The van der Waals surface area contributed by atoms with E-state index >= 15 is 0 Å². The number of hydrogen-bond donors (Lipinski definition) is 1. The van der Waals surface area contributed by atoms with E-state index in [1.165, 1.54) is 4.90 Å². The van der Waals surface area contributed by atoms with E-state index in [0.29, 0.717) is 21.3 Å². The first-order valence-corrected chi connectivity index (χ1v) is 16.8. The molecule has 1 saturated carbocycles. The zero-order valence-electron chi connectivity index (χ0n) is 23.9. The van der Waals surface area contributed by atoms with Crippen LogP contribution < -0.4 is 9.62 Å². The number of amides is 2. The lowest BCUT2D eigenvalue weighted by atomic mass is 10.0. The van der Waals surface area contributed by atoms with E-state index in [2.05, 4.69) is 5.32 Å². The Labute approximate surface area is 258 Å². The quantitative estimate of drug-likeness (QED) is 0.265. The van der Waals surface area contributed by atoms with Crippen LogP contribution in [-0.4, -0.2) is 50.0 Å². The van der Waals surface area contributed by atoms with Gasteiger partial charge in [-0.25, -0.2) is 8.42 Å². The van der Waals surface area contributed by atoms with Crippen molar-refractivity contribution in [3.05, 3.63) is 99.5 Å². The highest BCUT2D eigenvalue weighted by Crippen LogP contribution is 2.26. The number of nitrogens with one attached hydrogen (secondary N) is 1. The largest absolute Gasteiger partial charge is 0.352 e. The molecule has 1 atom stereocenters. The highest BCUT2D eigenvalue weighted by Gasteiger charge is 2.34. The summed E-state index contributed by atoms with van der Waals surface area (Å²) in [6.07, 6.45) is 5.97. The van der Waals surface area contributed by atoms with Crippen LogP contribution in [0.5, 0.6) is 0 Å². The summed E-state index contributed by atoms with van der Waals surface area (Å²) < 4.78 is 27.0. The third-order valence-corrected chi connectivity index (χ3v) is 9.37. The molecule has 1 fully saturated rings. The maximum Gasteiger partial charge on any atom is 0.244 e. The highest BCUT2D eigenvalue weighted by molar-refractivity contribution is 7.92.